The SMILES string of the molecule is CN1C(=O)CC[C@@H](NC(=O)c2cnn3ccccc23)[C@@H]1c1ccnn1C. The van der Waals surface area contributed by atoms with Gasteiger partial charge in [0.2, 0.25) is 5.91 Å². The summed E-state index contributed by atoms with van der Waals surface area (Å²) >= 11 is 0. The van der Waals surface area contributed by atoms with Crippen molar-refractivity contribution < 1.29 is 9.59 Å². The van der Waals surface area contributed by atoms with Gasteiger partial charge in [-0.05, 0) is 24.6 Å². The van der Waals surface area contributed by atoms with Crippen LogP contribution in [0.15, 0.2) is 42.9 Å². The molecule has 4 heterocycles. The zero-order valence-electron chi connectivity index (χ0n) is 14.7. The van der Waals surface area contributed by atoms with Crippen LogP contribution in [-0.2, 0) is 11.8 Å². The molecule has 3 aromatic heterocycles. The second-order valence-electron chi connectivity index (χ2n) is 6.54. The van der Waals surface area contributed by atoms with Gasteiger partial charge in [0.1, 0.15) is 0 Å². The van der Waals surface area contributed by atoms with Gasteiger partial charge in [-0.1, -0.05) is 6.07 Å². The summed E-state index contributed by atoms with van der Waals surface area (Å²) in [5.41, 5.74) is 2.17. The van der Waals surface area contributed by atoms with E-state index in [9.17, 15) is 9.59 Å². The average molecular weight is 352 g/mol. The third-order valence-corrected chi connectivity index (χ3v) is 5.01. The monoisotopic (exact) mass is 352 g/mol. The Bertz CT molecular complexity index is 975. The Hall–Kier alpha value is -3.16. The third kappa shape index (κ3) is 2.63. The molecule has 1 saturated heterocycles. The van der Waals surface area contributed by atoms with Gasteiger partial charge in [-0.3, -0.25) is 14.3 Å². The number of fused-ring (bicyclic) bond motifs is 1. The predicted molar refractivity (Wildman–Crippen MR) is 94.4 cm³/mol. The summed E-state index contributed by atoms with van der Waals surface area (Å²) in [5.74, 6) is -0.121. The van der Waals surface area contributed by atoms with Gasteiger partial charge in [0, 0.05) is 32.9 Å². The lowest BCUT2D eigenvalue weighted by Gasteiger charge is -2.39. The van der Waals surface area contributed by atoms with E-state index in [4.69, 9.17) is 0 Å². The fraction of sp³-hybridized carbons (Fsp3) is 0.333. The number of hydrogen-bond donors (Lipinski definition) is 1. The highest BCUT2D eigenvalue weighted by Gasteiger charge is 2.37. The quantitative estimate of drug-likeness (QED) is 0.767. The van der Waals surface area contributed by atoms with Crippen molar-refractivity contribution in [1.82, 2.24) is 29.6 Å². The van der Waals surface area contributed by atoms with Crippen molar-refractivity contribution in [3.8, 4) is 0 Å². The first-order chi connectivity index (χ1) is 12.6. The molecule has 1 aliphatic rings. The van der Waals surface area contributed by atoms with Crippen molar-refractivity contribution in [2.75, 3.05) is 7.05 Å². The minimum atomic E-state index is -0.255. The molecule has 2 atom stereocenters. The van der Waals surface area contributed by atoms with Gasteiger partial charge < -0.3 is 10.2 Å². The first kappa shape index (κ1) is 16.3. The summed E-state index contributed by atoms with van der Waals surface area (Å²) in [4.78, 5) is 26.8. The number of rotatable bonds is 3. The van der Waals surface area contributed by atoms with E-state index in [1.165, 1.54) is 0 Å². The number of aromatic nitrogens is 4. The van der Waals surface area contributed by atoms with Gasteiger partial charge in [0.05, 0.1) is 35.1 Å². The van der Waals surface area contributed by atoms with E-state index in [0.717, 1.165) is 11.2 Å². The van der Waals surface area contributed by atoms with Crippen molar-refractivity contribution in [3.63, 3.8) is 0 Å². The topological polar surface area (TPSA) is 84.5 Å². The van der Waals surface area contributed by atoms with Crippen molar-refractivity contribution in [1.29, 1.82) is 0 Å². The third-order valence-electron chi connectivity index (χ3n) is 5.01. The van der Waals surface area contributed by atoms with Crippen LogP contribution >= 0.6 is 0 Å². The van der Waals surface area contributed by atoms with Crippen LogP contribution < -0.4 is 5.32 Å². The van der Waals surface area contributed by atoms with Crippen LogP contribution in [0.1, 0.15) is 34.9 Å². The molecule has 1 N–H and O–H groups in total. The van der Waals surface area contributed by atoms with E-state index in [-0.39, 0.29) is 23.9 Å². The number of hydrogen-bond acceptors (Lipinski definition) is 4. The highest BCUT2D eigenvalue weighted by Crippen LogP contribution is 2.30. The number of carbonyl (C=O) groups is 2. The molecule has 8 heteroatoms. The minimum Gasteiger partial charge on any atom is -0.347 e. The Morgan fingerprint density at radius 2 is 2.08 bits per heavy atom. The van der Waals surface area contributed by atoms with E-state index in [1.807, 2.05) is 31.3 Å². The van der Waals surface area contributed by atoms with E-state index in [0.29, 0.717) is 18.4 Å². The Kier molecular flexibility index (Phi) is 3.95. The molecule has 1 fully saturated rings. The van der Waals surface area contributed by atoms with E-state index < -0.39 is 0 Å². The van der Waals surface area contributed by atoms with Crippen molar-refractivity contribution >= 4 is 17.3 Å². The van der Waals surface area contributed by atoms with Crippen LogP contribution in [0, 0.1) is 0 Å². The lowest BCUT2D eigenvalue weighted by atomic mass is 9.93. The highest BCUT2D eigenvalue weighted by molar-refractivity contribution is 6.00. The standard InChI is InChI=1S/C18H20N6O2/c1-22-16(25)7-6-13(17(22)15-8-9-19-23(15)2)21-18(26)12-11-20-24-10-4-3-5-14(12)24/h3-5,8-11,13,17H,6-7H2,1-2H3,(H,21,26)/t13-,17-/m1/s1. The second kappa shape index (κ2) is 6.29. The van der Waals surface area contributed by atoms with Crippen LogP contribution in [0.2, 0.25) is 0 Å². The highest BCUT2D eigenvalue weighted by atomic mass is 16.2. The lowest BCUT2D eigenvalue weighted by Crippen LogP contribution is -2.51. The smallest absolute Gasteiger partial charge is 0.255 e. The molecule has 0 unspecified atom stereocenters. The first-order valence-electron chi connectivity index (χ1n) is 8.53. The number of carbonyl (C=O) groups excluding carboxylic acids is 2. The molecule has 0 bridgehead atoms. The molecule has 3 aromatic rings. The van der Waals surface area contributed by atoms with Gasteiger partial charge in [-0.25, -0.2) is 4.52 Å². The zero-order chi connectivity index (χ0) is 18.3. The van der Waals surface area contributed by atoms with Crippen molar-refractivity contribution in [3.05, 3.63) is 54.1 Å². The van der Waals surface area contributed by atoms with Gasteiger partial charge in [-0.2, -0.15) is 10.2 Å². The summed E-state index contributed by atoms with van der Waals surface area (Å²) in [6.45, 7) is 0. The predicted octanol–water partition coefficient (Wildman–Crippen LogP) is 1.16. The van der Waals surface area contributed by atoms with Crippen LogP contribution in [0.4, 0.5) is 0 Å². The number of nitrogens with zero attached hydrogens (tertiary/aromatic N) is 5. The molecule has 0 aromatic carbocycles. The molecular weight excluding hydrogens is 332 g/mol. The number of likely N-dealkylation sites (N-methyl/N-ethyl adjacent to an activating group) is 1. The van der Waals surface area contributed by atoms with Gasteiger partial charge in [0.15, 0.2) is 0 Å². The lowest BCUT2D eigenvalue weighted by molar-refractivity contribution is -0.136. The maximum absolute atomic E-state index is 12.9. The summed E-state index contributed by atoms with van der Waals surface area (Å²) in [6, 6.07) is 7.03. The minimum absolute atomic E-state index is 0.0673. The fourth-order valence-electron chi connectivity index (χ4n) is 3.62. The zero-order valence-corrected chi connectivity index (χ0v) is 14.7. The summed E-state index contributed by atoms with van der Waals surface area (Å²) in [6.07, 6.45) is 6.07. The molecule has 2 amide bonds. The van der Waals surface area contributed by atoms with Gasteiger partial charge >= 0.3 is 0 Å². The van der Waals surface area contributed by atoms with E-state index in [1.54, 1.807) is 39.7 Å². The molecule has 4 rings (SSSR count). The molecular formula is C18H20N6O2. The molecule has 0 saturated carbocycles. The fourth-order valence-corrected chi connectivity index (χ4v) is 3.62. The Balaban J connectivity index is 1.64. The molecule has 1 aliphatic heterocycles. The first-order valence-corrected chi connectivity index (χ1v) is 8.53. The summed E-state index contributed by atoms with van der Waals surface area (Å²) in [7, 11) is 3.61. The average Bonchev–Trinajstić information content (AvgIpc) is 3.25. The maximum atomic E-state index is 12.9. The Morgan fingerprint density at radius 1 is 1.23 bits per heavy atom. The maximum Gasteiger partial charge on any atom is 0.255 e. The molecule has 26 heavy (non-hydrogen) atoms. The summed E-state index contributed by atoms with van der Waals surface area (Å²) in [5, 5.41) is 11.5. The van der Waals surface area contributed by atoms with Crippen LogP contribution in [0.3, 0.4) is 0 Å². The van der Waals surface area contributed by atoms with Crippen LogP contribution in [0.25, 0.3) is 5.52 Å². The van der Waals surface area contributed by atoms with Crippen molar-refractivity contribution in [2.45, 2.75) is 24.9 Å². The van der Waals surface area contributed by atoms with Gasteiger partial charge in [0.25, 0.3) is 5.91 Å². The van der Waals surface area contributed by atoms with Crippen LogP contribution in [-0.4, -0.2) is 49.2 Å². The number of aryl methyl sites for hydroxylation is 1. The summed E-state index contributed by atoms with van der Waals surface area (Å²) < 4.78 is 3.41. The molecule has 134 valence electrons. The Labute approximate surface area is 150 Å². The van der Waals surface area contributed by atoms with E-state index >= 15 is 0 Å². The molecule has 0 aliphatic carbocycles. The Morgan fingerprint density at radius 3 is 2.85 bits per heavy atom. The number of piperidine rings is 1. The van der Waals surface area contributed by atoms with Gasteiger partial charge in [-0.15, -0.1) is 0 Å². The second-order valence-corrected chi connectivity index (χ2v) is 6.54. The molecule has 0 spiro atoms. The van der Waals surface area contributed by atoms with Crippen molar-refractivity contribution in [2.24, 2.45) is 7.05 Å². The largest absolute Gasteiger partial charge is 0.347 e. The van der Waals surface area contributed by atoms with Crippen LogP contribution in [0.5, 0.6) is 0 Å². The number of pyridine rings is 1. The molecule has 8 nitrogen and oxygen atoms in total. The number of likely N-dealkylation sites (tertiary alicyclic amines) is 1. The molecule has 0 radical (unpaired) electrons. The normalized spacial score (nSPS) is 20.5. The number of amides is 2. The number of nitrogens with one attached hydrogen (secondary N) is 1. The van der Waals surface area contributed by atoms with E-state index in [2.05, 4.69) is 15.5 Å².